The lowest BCUT2D eigenvalue weighted by atomic mass is 10.1. The SMILES string of the molecule is Cc1cc(N)cc(C)c1OCc1ccc(C#N)cc1F. The highest BCUT2D eigenvalue weighted by atomic mass is 19.1. The maximum Gasteiger partial charge on any atom is 0.131 e. The van der Waals surface area contributed by atoms with Crippen LogP contribution < -0.4 is 10.5 Å². The molecule has 2 rings (SSSR count). The van der Waals surface area contributed by atoms with Gasteiger partial charge in [-0.15, -0.1) is 0 Å². The zero-order valence-electron chi connectivity index (χ0n) is 11.4. The first-order chi connectivity index (χ1) is 9.51. The lowest BCUT2D eigenvalue weighted by Gasteiger charge is -2.13. The molecule has 0 saturated carbocycles. The second-order valence-corrected chi connectivity index (χ2v) is 4.69. The molecule has 0 aliphatic heterocycles. The van der Waals surface area contributed by atoms with E-state index in [1.54, 1.807) is 12.1 Å². The maximum atomic E-state index is 13.8. The first-order valence-corrected chi connectivity index (χ1v) is 6.19. The fourth-order valence-electron chi connectivity index (χ4n) is 2.10. The van der Waals surface area contributed by atoms with Crippen molar-refractivity contribution in [2.75, 3.05) is 5.73 Å². The maximum absolute atomic E-state index is 13.8. The van der Waals surface area contributed by atoms with E-state index in [0.717, 1.165) is 11.1 Å². The summed E-state index contributed by atoms with van der Waals surface area (Å²) in [5.41, 5.74) is 8.96. The summed E-state index contributed by atoms with van der Waals surface area (Å²) in [7, 11) is 0. The third-order valence-corrected chi connectivity index (χ3v) is 3.04. The number of benzene rings is 2. The van der Waals surface area contributed by atoms with Gasteiger partial charge in [0.25, 0.3) is 0 Å². The standard InChI is InChI=1S/C16H15FN2O/c1-10-5-14(19)6-11(2)16(10)20-9-13-4-3-12(8-18)7-15(13)17/h3-7H,9,19H2,1-2H3. The van der Waals surface area contributed by atoms with Crippen molar-refractivity contribution in [1.29, 1.82) is 5.26 Å². The van der Waals surface area contributed by atoms with Gasteiger partial charge in [-0.1, -0.05) is 6.07 Å². The van der Waals surface area contributed by atoms with Crippen LogP contribution in [0.15, 0.2) is 30.3 Å². The predicted octanol–water partition coefficient (Wildman–Crippen LogP) is 3.48. The van der Waals surface area contributed by atoms with Gasteiger partial charge < -0.3 is 10.5 Å². The van der Waals surface area contributed by atoms with Gasteiger partial charge >= 0.3 is 0 Å². The molecular weight excluding hydrogens is 255 g/mol. The van der Waals surface area contributed by atoms with Crippen LogP contribution in [0.1, 0.15) is 22.3 Å². The zero-order chi connectivity index (χ0) is 14.7. The Bertz CT molecular complexity index is 666. The molecule has 0 amide bonds. The van der Waals surface area contributed by atoms with E-state index in [2.05, 4.69) is 0 Å². The number of aryl methyl sites for hydroxylation is 2. The fraction of sp³-hybridized carbons (Fsp3) is 0.188. The van der Waals surface area contributed by atoms with E-state index in [0.29, 0.717) is 22.6 Å². The van der Waals surface area contributed by atoms with Crippen LogP contribution in [0.4, 0.5) is 10.1 Å². The van der Waals surface area contributed by atoms with Gasteiger partial charge in [-0.05, 0) is 49.2 Å². The molecule has 102 valence electrons. The lowest BCUT2D eigenvalue weighted by Crippen LogP contribution is -2.02. The number of nitrogens with zero attached hydrogens (tertiary/aromatic N) is 1. The van der Waals surface area contributed by atoms with E-state index in [1.165, 1.54) is 6.07 Å². The molecule has 2 aromatic rings. The second-order valence-electron chi connectivity index (χ2n) is 4.69. The Hall–Kier alpha value is -2.54. The summed E-state index contributed by atoms with van der Waals surface area (Å²) in [6.07, 6.45) is 0. The normalized spacial score (nSPS) is 10.1. The molecule has 3 nitrogen and oxygen atoms in total. The molecule has 0 heterocycles. The van der Waals surface area contributed by atoms with Crippen molar-refractivity contribution >= 4 is 5.69 Å². The third-order valence-electron chi connectivity index (χ3n) is 3.04. The van der Waals surface area contributed by atoms with Gasteiger partial charge in [0.1, 0.15) is 18.2 Å². The molecular formula is C16H15FN2O. The van der Waals surface area contributed by atoms with E-state index < -0.39 is 5.82 Å². The van der Waals surface area contributed by atoms with E-state index in [1.807, 2.05) is 32.0 Å². The number of rotatable bonds is 3. The molecule has 2 aromatic carbocycles. The van der Waals surface area contributed by atoms with Crippen molar-refractivity contribution in [3.8, 4) is 11.8 Å². The molecule has 0 aliphatic carbocycles. The number of ether oxygens (including phenoxy) is 1. The van der Waals surface area contributed by atoms with Crippen LogP contribution >= 0.6 is 0 Å². The number of halogens is 1. The summed E-state index contributed by atoms with van der Waals surface area (Å²) in [5.74, 6) is 0.276. The highest BCUT2D eigenvalue weighted by Gasteiger charge is 2.08. The Morgan fingerprint density at radius 1 is 1.20 bits per heavy atom. The minimum Gasteiger partial charge on any atom is -0.488 e. The van der Waals surface area contributed by atoms with Crippen LogP contribution in [-0.4, -0.2) is 0 Å². The quantitative estimate of drug-likeness (QED) is 0.869. The van der Waals surface area contributed by atoms with E-state index in [4.69, 9.17) is 15.7 Å². The van der Waals surface area contributed by atoms with Crippen molar-refractivity contribution < 1.29 is 9.13 Å². The van der Waals surface area contributed by atoms with Crippen LogP contribution in [0.3, 0.4) is 0 Å². The Morgan fingerprint density at radius 2 is 1.85 bits per heavy atom. The summed E-state index contributed by atoms with van der Waals surface area (Å²) in [6, 6.07) is 9.88. The number of anilines is 1. The van der Waals surface area contributed by atoms with E-state index >= 15 is 0 Å². The van der Waals surface area contributed by atoms with Gasteiger partial charge in [-0.2, -0.15) is 5.26 Å². The smallest absolute Gasteiger partial charge is 0.131 e. The monoisotopic (exact) mass is 270 g/mol. The molecule has 4 heteroatoms. The molecule has 0 radical (unpaired) electrons. The van der Waals surface area contributed by atoms with Crippen LogP contribution in [-0.2, 0) is 6.61 Å². The Morgan fingerprint density at radius 3 is 2.40 bits per heavy atom. The van der Waals surface area contributed by atoms with Gasteiger partial charge in [0, 0.05) is 11.3 Å². The van der Waals surface area contributed by atoms with Crippen LogP contribution in [0.5, 0.6) is 5.75 Å². The number of nitrogen functional groups attached to an aromatic ring is 1. The van der Waals surface area contributed by atoms with E-state index in [9.17, 15) is 4.39 Å². The number of hydrogen-bond acceptors (Lipinski definition) is 3. The van der Waals surface area contributed by atoms with Crippen molar-refractivity contribution in [2.45, 2.75) is 20.5 Å². The average Bonchev–Trinajstić information content (AvgIpc) is 2.39. The zero-order valence-corrected chi connectivity index (χ0v) is 11.4. The van der Waals surface area contributed by atoms with Crippen LogP contribution in [0, 0.1) is 31.0 Å². The van der Waals surface area contributed by atoms with Crippen molar-refractivity contribution in [3.05, 3.63) is 58.4 Å². The Balaban J connectivity index is 2.20. The lowest BCUT2D eigenvalue weighted by molar-refractivity contribution is 0.296. The highest BCUT2D eigenvalue weighted by molar-refractivity contribution is 5.52. The molecule has 0 spiro atoms. The van der Waals surface area contributed by atoms with Crippen LogP contribution in [0.2, 0.25) is 0 Å². The largest absolute Gasteiger partial charge is 0.488 e. The number of hydrogen-bond donors (Lipinski definition) is 1. The first kappa shape index (κ1) is 13.9. The summed E-state index contributed by atoms with van der Waals surface area (Å²) >= 11 is 0. The van der Waals surface area contributed by atoms with Gasteiger partial charge in [-0.3, -0.25) is 0 Å². The summed E-state index contributed by atoms with van der Waals surface area (Å²) in [6.45, 7) is 3.91. The predicted molar refractivity (Wildman–Crippen MR) is 75.8 cm³/mol. The van der Waals surface area contributed by atoms with Gasteiger partial charge in [0.2, 0.25) is 0 Å². The Kier molecular flexibility index (Phi) is 3.90. The minimum atomic E-state index is -0.435. The molecule has 0 saturated heterocycles. The fourth-order valence-corrected chi connectivity index (χ4v) is 2.10. The molecule has 0 atom stereocenters. The molecule has 0 unspecified atom stereocenters. The Labute approximate surface area is 117 Å². The molecule has 0 aromatic heterocycles. The topological polar surface area (TPSA) is 59.0 Å². The second kappa shape index (κ2) is 5.62. The first-order valence-electron chi connectivity index (χ1n) is 6.19. The molecule has 0 aliphatic rings. The molecule has 0 bridgehead atoms. The summed E-state index contributed by atoms with van der Waals surface area (Å²) in [5, 5.41) is 8.70. The number of nitriles is 1. The highest BCUT2D eigenvalue weighted by Crippen LogP contribution is 2.27. The van der Waals surface area contributed by atoms with Crippen molar-refractivity contribution in [1.82, 2.24) is 0 Å². The van der Waals surface area contributed by atoms with Crippen molar-refractivity contribution in [2.24, 2.45) is 0 Å². The average molecular weight is 270 g/mol. The van der Waals surface area contributed by atoms with Crippen LogP contribution in [0.25, 0.3) is 0 Å². The molecule has 2 N–H and O–H groups in total. The van der Waals surface area contributed by atoms with Gasteiger partial charge in [-0.25, -0.2) is 4.39 Å². The number of nitrogens with two attached hydrogens (primary N) is 1. The molecule has 0 fully saturated rings. The van der Waals surface area contributed by atoms with Gasteiger partial charge in [0.05, 0.1) is 11.6 Å². The van der Waals surface area contributed by atoms with Gasteiger partial charge in [0.15, 0.2) is 0 Å². The summed E-state index contributed by atoms with van der Waals surface area (Å²) in [4.78, 5) is 0. The molecule has 20 heavy (non-hydrogen) atoms. The summed E-state index contributed by atoms with van der Waals surface area (Å²) < 4.78 is 19.4. The van der Waals surface area contributed by atoms with Crippen molar-refractivity contribution in [3.63, 3.8) is 0 Å². The van der Waals surface area contributed by atoms with E-state index in [-0.39, 0.29) is 6.61 Å². The minimum absolute atomic E-state index is 0.114. The third kappa shape index (κ3) is 2.89.